The first-order valence-electron chi connectivity index (χ1n) is 9.93. The number of nitriles is 1. The summed E-state index contributed by atoms with van der Waals surface area (Å²) in [6.45, 7) is -0.367. The molecule has 1 atom stereocenters. The lowest BCUT2D eigenvalue weighted by atomic mass is 9.83. The smallest absolute Gasteiger partial charge is 0.349 e. The van der Waals surface area contributed by atoms with E-state index >= 15 is 0 Å². The van der Waals surface area contributed by atoms with Gasteiger partial charge in [0.1, 0.15) is 40.5 Å². The van der Waals surface area contributed by atoms with Crippen LogP contribution in [-0.4, -0.2) is 19.7 Å². The Bertz CT molecular complexity index is 1260. The highest BCUT2D eigenvalue weighted by atomic mass is 19.1. The normalized spacial score (nSPS) is 14.5. The molecule has 4 rings (SSSR count). The van der Waals surface area contributed by atoms with E-state index in [1.54, 1.807) is 25.3 Å². The summed E-state index contributed by atoms with van der Waals surface area (Å²) >= 11 is 0. The highest BCUT2D eigenvalue weighted by Crippen LogP contribution is 2.45. The van der Waals surface area contributed by atoms with Crippen LogP contribution in [0.25, 0.3) is 0 Å². The van der Waals surface area contributed by atoms with Gasteiger partial charge in [-0.15, -0.1) is 0 Å². The molecule has 8 heteroatoms. The number of carbonyl (C=O) groups is 1. The number of rotatable bonds is 6. The van der Waals surface area contributed by atoms with E-state index in [4.69, 9.17) is 24.7 Å². The van der Waals surface area contributed by atoms with E-state index in [0.717, 1.165) is 5.56 Å². The molecule has 0 amide bonds. The fourth-order valence-electron chi connectivity index (χ4n) is 3.56. The van der Waals surface area contributed by atoms with Crippen molar-refractivity contribution in [3.63, 3.8) is 0 Å². The van der Waals surface area contributed by atoms with E-state index in [1.165, 1.54) is 30.3 Å². The summed E-state index contributed by atoms with van der Waals surface area (Å²) in [5.74, 6) is -0.102. The molecule has 3 aromatic rings. The Kier molecular flexibility index (Phi) is 6.13. The van der Waals surface area contributed by atoms with Gasteiger partial charge >= 0.3 is 5.97 Å². The number of ether oxygens (including phenoxy) is 4. The number of allylic oxidation sites excluding steroid dienone is 1. The monoisotopic (exact) mass is 446 g/mol. The number of esters is 1. The van der Waals surface area contributed by atoms with Gasteiger partial charge in [0, 0.05) is 17.2 Å². The third-order valence-corrected chi connectivity index (χ3v) is 5.04. The number of nitrogens with zero attached hydrogens (tertiary/aromatic N) is 1. The zero-order valence-corrected chi connectivity index (χ0v) is 17.6. The topological polar surface area (TPSA) is 104 Å². The van der Waals surface area contributed by atoms with Gasteiger partial charge in [0.25, 0.3) is 0 Å². The minimum absolute atomic E-state index is 0.0379. The van der Waals surface area contributed by atoms with Crippen LogP contribution >= 0.6 is 0 Å². The molecular formula is C25H19FN2O5. The number of methoxy groups -OCH3 is 1. The van der Waals surface area contributed by atoms with Gasteiger partial charge in [-0.05, 0) is 36.4 Å². The summed E-state index contributed by atoms with van der Waals surface area (Å²) in [5.41, 5.74) is 7.72. The molecule has 0 radical (unpaired) electrons. The summed E-state index contributed by atoms with van der Waals surface area (Å²) < 4.78 is 34.7. The maximum absolute atomic E-state index is 13.0. The SMILES string of the molecule is COc1ccccc1C1C(C#N)=C(N)Oc2cc(OC(=O)COc3ccc(F)cc3)ccc21. The summed E-state index contributed by atoms with van der Waals surface area (Å²) in [6.07, 6.45) is 0. The zero-order valence-electron chi connectivity index (χ0n) is 17.6. The molecule has 0 saturated heterocycles. The van der Waals surface area contributed by atoms with E-state index in [1.807, 2.05) is 18.2 Å². The van der Waals surface area contributed by atoms with Crippen LogP contribution in [0.1, 0.15) is 17.0 Å². The molecule has 0 spiro atoms. The molecule has 3 aromatic carbocycles. The van der Waals surface area contributed by atoms with Crippen LogP contribution < -0.4 is 24.7 Å². The third-order valence-electron chi connectivity index (χ3n) is 5.04. The first-order chi connectivity index (χ1) is 16.0. The number of hydrogen-bond acceptors (Lipinski definition) is 7. The molecule has 0 bridgehead atoms. The van der Waals surface area contributed by atoms with Crippen molar-refractivity contribution in [3.8, 4) is 29.1 Å². The van der Waals surface area contributed by atoms with E-state index in [0.29, 0.717) is 22.8 Å². The molecule has 2 N–H and O–H groups in total. The lowest BCUT2D eigenvalue weighted by molar-refractivity contribution is -0.136. The Morgan fingerprint density at radius 3 is 2.55 bits per heavy atom. The number of halogens is 1. The second-order valence-electron chi connectivity index (χ2n) is 7.08. The van der Waals surface area contributed by atoms with Gasteiger partial charge in [0.2, 0.25) is 5.88 Å². The molecular weight excluding hydrogens is 427 g/mol. The molecule has 1 unspecified atom stereocenters. The van der Waals surface area contributed by atoms with Crippen molar-refractivity contribution in [2.24, 2.45) is 5.73 Å². The van der Waals surface area contributed by atoms with Crippen LogP contribution in [-0.2, 0) is 4.79 Å². The van der Waals surface area contributed by atoms with Crippen LogP contribution in [0.2, 0.25) is 0 Å². The van der Waals surface area contributed by atoms with Crippen molar-refractivity contribution in [2.75, 3.05) is 13.7 Å². The van der Waals surface area contributed by atoms with Gasteiger partial charge in [-0.1, -0.05) is 24.3 Å². The van der Waals surface area contributed by atoms with Gasteiger partial charge < -0.3 is 24.7 Å². The quantitative estimate of drug-likeness (QED) is 0.450. The molecule has 1 aliphatic heterocycles. The molecule has 166 valence electrons. The van der Waals surface area contributed by atoms with E-state index < -0.39 is 17.7 Å². The van der Waals surface area contributed by atoms with E-state index in [9.17, 15) is 14.4 Å². The maximum Gasteiger partial charge on any atom is 0.349 e. The first kappa shape index (κ1) is 21.7. The molecule has 1 aliphatic rings. The lowest BCUT2D eigenvalue weighted by Crippen LogP contribution is -2.22. The first-order valence-corrected chi connectivity index (χ1v) is 9.93. The minimum Gasteiger partial charge on any atom is -0.496 e. The van der Waals surface area contributed by atoms with Crippen LogP contribution in [0, 0.1) is 17.1 Å². The largest absolute Gasteiger partial charge is 0.496 e. The Labute approximate surface area is 189 Å². The van der Waals surface area contributed by atoms with Gasteiger partial charge in [0.05, 0.1) is 13.0 Å². The second kappa shape index (κ2) is 9.32. The minimum atomic E-state index is -0.655. The van der Waals surface area contributed by atoms with Crippen molar-refractivity contribution in [1.29, 1.82) is 5.26 Å². The van der Waals surface area contributed by atoms with Gasteiger partial charge in [0.15, 0.2) is 6.61 Å². The standard InChI is InChI=1S/C25H19FN2O5/c1-30-21-5-3-2-4-18(21)24-19-11-10-17(12-22(19)33-25(28)20(24)13-27)32-23(29)14-31-16-8-6-15(26)7-9-16/h2-12,24H,14,28H2,1H3. The molecule has 0 fully saturated rings. The molecule has 1 heterocycles. The number of benzene rings is 3. The second-order valence-corrected chi connectivity index (χ2v) is 7.08. The zero-order chi connectivity index (χ0) is 23.4. The van der Waals surface area contributed by atoms with Crippen LogP contribution in [0.4, 0.5) is 4.39 Å². The molecule has 7 nitrogen and oxygen atoms in total. The molecule has 0 aromatic heterocycles. The van der Waals surface area contributed by atoms with Crippen molar-refractivity contribution < 1.29 is 28.1 Å². The van der Waals surface area contributed by atoms with Crippen molar-refractivity contribution in [1.82, 2.24) is 0 Å². The summed E-state index contributed by atoms with van der Waals surface area (Å²) in [7, 11) is 1.55. The van der Waals surface area contributed by atoms with Crippen LogP contribution in [0.3, 0.4) is 0 Å². The summed E-state index contributed by atoms with van der Waals surface area (Å²) in [4.78, 5) is 12.2. The number of nitrogens with two attached hydrogens (primary N) is 1. The number of fused-ring (bicyclic) bond motifs is 1. The number of carbonyl (C=O) groups excluding carboxylic acids is 1. The Hall–Kier alpha value is -4.51. The van der Waals surface area contributed by atoms with Crippen molar-refractivity contribution in [2.45, 2.75) is 5.92 Å². The van der Waals surface area contributed by atoms with Crippen LogP contribution in [0.15, 0.2) is 78.2 Å². The molecule has 0 aliphatic carbocycles. The third kappa shape index (κ3) is 4.57. The molecule has 0 saturated carbocycles. The van der Waals surface area contributed by atoms with Crippen molar-refractivity contribution in [3.05, 3.63) is 95.1 Å². The maximum atomic E-state index is 13.0. The van der Waals surface area contributed by atoms with Gasteiger partial charge in [-0.2, -0.15) is 5.26 Å². The Morgan fingerprint density at radius 1 is 1.09 bits per heavy atom. The Morgan fingerprint density at radius 2 is 1.82 bits per heavy atom. The highest BCUT2D eigenvalue weighted by Gasteiger charge is 2.32. The number of para-hydroxylation sites is 1. The van der Waals surface area contributed by atoms with E-state index in [2.05, 4.69) is 6.07 Å². The van der Waals surface area contributed by atoms with Crippen molar-refractivity contribution >= 4 is 5.97 Å². The fourth-order valence-corrected chi connectivity index (χ4v) is 3.56. The molecule has 33 heavy (non-hydrogen) atoms. The predicted molar refractivity (Wildman–Crippen MR) is 116 cm³/mol. The number of hydrogen-bond donors (Lipinski definition) is 1. The average molecular weight is 446 g/mol. The fraction of sp³-hybridized carbons (Fsp3) is 0.120. The summed E-state index contributed by atoms with van der Waals surface area (Å²) in [6, 6.07) is 19.6. The average Bonchev–Trinajstić information content (AvgIpc) is 2.82. The van der Waals surface area contributed by atoms with Gasteiger partial charge in [-0.3, -0.25) is 0 Å². The van der Waals surface area contributed by atoms with Crippen LogP contribution in [0.5, 0.6) is 23.0 Å². The van der Waals surface area contributed by atoms with Gasteiger partial charge in [-0.25, -0.2) is 9.18 Å². The van der Waals surface area contributed by atoms with E-state index in [-0.39, 0.29) is 23.8 Å². The lowest BCUT2D eigenvalue weighted by Gasteiger charge is -2.27. The predicted octanol–water partition coefficient (Wildman–Crippen LogP) is 4.04. The summed E-state index contributed by atoms with van der Waals surface area (Å²) in [5, 5.41) is 9.71. The Balaban J connectivity index is 1.57. The highest BCUT2D eigenvalue weighted by molar-refractivity contribution is 5.74.